The summed E-state index contributed by atoms with van der Waals surface area (Å²) in [5, 5.41) is 2.78. The number of esters is 1. The zero-order valence-electron chi connectivity index (χ0n) is 15.3. The Labute approximate surface area is 156 Å². The molecule has 1 atom stereocenters. The fourth-order valence-corrected chi connectivity index (χ4v) is 2.90. The van der Waals surface area contributed by atoms with Gasteiger partial charge in [-0.2, -0.15) is 0 Å². The lowest BCUT2D eigenvalue weighted by Crippen LogP contribution is -2.47. The van der Waals surface area contributed by atoms with Crippen molar-refractivity contribution in [3.05, 3.63) is 53.6 Å². The van der Waals surface area contributed by atoms with Crippen LogP contribution in [0.2, 0.25) is 0 Å². The molecule has 0 saturated carbocycles. The van der Waals surface area contributed by atoms with Crippen LogP contribution in [0.4, 0.5) is 11.4 Å². The summed E-state index contributed by atoms with van der Waals surface area (Å²) in [5.41, 5.74) is 2.25. The number of fused-ring (bicyclic) bond motifs is 1. The molecule has 7 heteroatoms. The van der Waals surface area contributed by atoms with Crippen molar-refractivity contribution < 1.29 is 23.9 Å². The van der Waals surface area contributed by atoms with Crippen LogP contribution in [0.3, 0.4) is 0 Å². The Bertz CT molecular complexity index is 909. The van der Waals surface area contributed by atoms with Gasteiger partial charge in [0.2, 0.25) is 5.91 Å². The van der Waals surface area contributed by atoms with Crippen molar-refractivity contribution in [1.82, 2.24) is 0 Å². The smallest absolute Gasteiger partial charge is 0.337 e. The third kappa shape index (κ3) is 3.76. The van der Waals surface area contributed by atoms with Crippen molar-refractivity contribution in [2.45, 2.75) is 20.0 Å². The van der Waals surface area contributed by atoms with Crippen LogP contribution < -0.4 is 15.0 Å². The minimum Gasteiger partial charge on any atom is -0.479 e. The number of amides is 2. The number of nitrogens with one attached hydrogen (secondary N) is 1. The lowest BCUT2D eigenvalue weighted by molar-refractivity contribution is -0.127. The molecule has 2 amide bonds. The van der Waals surface area contributed by atoms with E-state index in [0.717, 1.165) is 0 Å². The molecule has 1 heterocycles. The number of aryl methyl sites for hydroxylation is 1. The predicted octanol–water partition coefficient (Wildman–Crippen LogP) is 2.53. The van der Waals surface area contributed by atoms with E-state index in [-0.39, 0.29) is 18.4 Å². The highest BCUT2D eigenvalue weighted by atomic mass is 16.5. The van der Waals surface area contributed by atoms with Gasteiger partial charge >= 0.3 is 5.97 Å². The van der Waals surface area contributed by atoms with Crippen molar-refractivity contribution >= 4 is 29.2 Å². The molecule has 140 valence electrons. The van der Waals surface area contributed by atoms with Crippen LogP contribution in [0.15, 0.2) is 42.5 Å². The number of nitrogens with zero attached hydrogens (tertiary/aromatic N) is 1. The lowest BCUT2D eigenvalue weighted by atomic mass is 10.1. The lowest BCUT2D eigenvalue weighted by Gasteiger charge is -2.32. The van der Waals surface area contributed by atoms with E-state index in [0.29, 0.717) is 28.3 Å². The highest BCUT2D eigenvalue weighted by Gasteiger charge is 2.32. The van der Waals surface area contributed by atoms with Crippen molar-refractivity contribution in [2.24, 2.45) is 0 Å². The zero-order chi connectivity index (χ0) is 19.6. The molecule has 0 saturated heterocycles. The Hall–Kier alpha value is -3.35. The Morgan fingerprint density at radius 1 is 1.22 bits per heavy atom. The average molecular weight is 368 g/mol. The average Bonchev–Trinajstić information content (AvgIpc) is 2.66. The molecular weight excluding hydrogens is 348 g/mol. The summed E-state index contributed by atoms with van der Waals surface area (Å²) in [4.78, 5) is 38.0. The van der Waals surface area contributed by atoms with Gasteiger partial charge in [0, 0.05) is 5.69 Å². The number of rotatable bonds is 4. The van der Waals surface area contributed by atoms with Crippen molar-refractivity contribution in [3.63, 3.8) is 0 Å². The summed E-state index contributed by atoms with van der Waals surface area (Å²) >= 11 is 0. The normalized spacial score (nSPS) is 15.6. The van der Waals surface area contributed by atoms with Gasteiger partial charge in [-0.05, 0) is 49.7 Å². The van der Waals surface area contributed by atoms with Crippen LogP contribution in [0.5, 0.6) is 5.75 Å². The van der Waals surface area contributed by atoms with Crippen LogP contribution in [0.25, 0.3) is 0 Å². The first kappa shape index (κ1) is 18.4. The highest BCUT2D eigenvalue weighted by molar-refractivity contribution is 6.06. The van der Waals surface area contributed by atoms with Gasteiger partial charge in [0.05, 0.1) is 18.4 Å². The molecule has 0 fully saturated rings. The third-order valence-corrected chi connectivity index (χ3v) is 4.30. The molecule has 0 spiro atoms. The fourth-order valence-electron chi connectivity index (χ4n) is 2.90. The number of para-hydroxylation sites is 2. The monoisotopic (exact) mass is 368 g/mol. The van der Waals surface area contributed by atoms with Gasteiger partial charge < -0.3 is 14.8 Å². The Morgan fingerprint density at radius 2 is 1.96 bits per heavy atom. The number of anilines is 2. The number of benzene rings is 2. The van der Waals surface area contributed by atoms with Gasteiger partial charge in [0.15, 0.2) is 6.10 Å². The van der Waals surface area contributed by atoms with Crippen LogP contribution >= 0.6 is 0 Å². The maximum Gasteiger partial charge on any atom is 0.337 e. The number of methoxy groups -OCH3 is 1. The minimum absolute atomic E-state index is 0.137. The first-order valence-electron chi connectivity index (χ1n) is 8.46. The van der Waals surface area contributed by atoms with E-state index in [1.165, 1.54) is 12.0 Å². The molecular formula is C20H20N2O5. The quantitative estimate of drug-likeness (QED) is 0.839. The molecule has 7 nitrogen and oxygen atoms in total. The van der Waals surface area contributed by atoms with E-state index >= 15 is 0 Å². The van der Waals surface area contributed by atoms with E-state index in [2.05, 4.69) is 10.1 Å². The Morgan fingerprint density at radius 3 is 2.67 bits per heavy atom. The summed E-state index contributed by atoms with van der Waals surface area (Å²) in [5.74, 6) is -0.501. The molecule has 0 aliphatic carbocycles. The van der Waals surface area contributed by atoms with Gasteiger partial charge in [0.25, 0.3) is 5.91 Å². The first-order chi connectivity index (χ1) is 12.9. The molecule has 0 aromatic heterocycles. The largest absolute Gasteiger partial charge is 0.479 e. The summed E-state index contributed by atoms with van der Waals surface area (Å²) in [6.07, 6.45) is -0.659. The number of hydrogen-bond donors (Lipinski definition) is 1. The number of carbonyl (C=O) groups excluding carboxylic acids is 3. The molecule has 0 unspecified atom stereocenters. The molecule has 1 N–H and O–H groups in total. The fraction of sp³-hybridized carbons (Fsp3) is 0.250. The van der Waals surface area contributed by atoms with Crippen LogP contribution in [-0.4, -0.2) is 37.5 Å². The molecule has 0 radical (unpaired) electrons. The maximum absolute atomic E-state index is 12.5. The second-order valence-electron chi connectivity index (χ2n) is 6.22. The van der Waals surface area contributed by atoms with Gasteiger partial charge in [-0.3, -0.25) is 14.5 Å². The van der Waals surface area contributed by atoms with E-state index in [1.807, 2.05) is 6.07 Å². The second kappa shape index (κ2) is 7.49. The predicted molar refractivity (Wildman–Crippen MR) is 100 cm³/mol. The van der Waals surface area contributed by atoms with Crippen LogP contribution in [-0.2, 0) is 14.3 Å². The van der Waals surface area contributed by atoms with Gasteiger partial charge in [-0.15, -0.1) is 0 Å². The Kier molecular flexibility index (Phi) is 5.12. The zero-order valence-corrected chi connectivity index (χ0v) is 15.3. The van der Waals surface area contributed by atoms with Crippen LogP contribution in [0.1, 0.15) is 22.8 Å². The van der Waals surface area contributed by atoms with Crippen molar-refractivity contribution in [1.29, 1.82) is 0 Å². The number of carbonyl (C=O) groups is 3. The molecule has 2 aromatic carbocycles. The summed E-state index contributed by atoms with van der Waals surface area (Å²) in [7, 11) is 1.31. The van der Waals surface area contributed by atoms with Crippen LogP contribution in [0, 0.1) is 6.92 Å². The standard InChI is InChI=1S/C20H20N2O5/c1-12-10-14(20(25)26-3)8-9-15(12)21-18(23)11-22-16-6-4-5-7-17(16)27-13(2)19(22)24/h4-10,13H,11H2,1-3H3,(H,21,23)/t13-/m1/s1. The van der Waals surface area contributed by atoms with E-state index in [4.69, 9.17) is 4.74 Å². The third-order valence-electron chi connectivity index (χ3n) is 4.30. The van der Waals surface area contributed by atoms with E-state index < -0.39 is 12.1 Å². The molecule has 1 aliphatic heterocycles. The van der Waals surface area contributed by atoms with Crippen molar-refractivity contribution in [3.8, 4) is 5.75 Å². The van der Waals surface area contributed by atoms with Gasteiger partial charge in [0.1, 0.15) is 12.3 Å². The van der Waals surface area contributed by atoms with E-state index in [9.17, 15) is 14.4 Å². The second-order valence-corrected chi connectivity index (χ2v) is 6.22. The Balaban J connectivity index is 1.76. The molecule has 0 bridgehead atoms. The van der Waals surface area contributed by atoms with Gasteiger partial charge in [-0.1, -0.05) is 12.1 Å². The highest BCUT2D eigenvalue weighted by Crippen LogP contribution is 2.33. The topological polar surface area (TPSA) is 84.9 Å². The summed E-state index contributed by atoms with van der Waals surface area (Å²) in [6, 6.07) is 11.9. The molecule has 3 rings (SSSR count). The maximum atomic E-state index is 12.5. The molecule has 2 aromatic rings. The summed E-state index contributed by atoms with van der Waals surface area (Å²) in [6.45, 7) is 3.29. The minimum atomic E-state index is -0.659. The number of ether oxygens (including phenoxy) is 2. The SMILES string of the molecule is COC(=O)c1ccc(NC(=O)CN2C(=O)[C@@H](C)Oc3ccccc32)c(C)c1. The molecule has 1 aliphatic rings. The molecule has 27 heavy (non-hydrogen) atoms. The number of hydrogen-bond acceptors (Lipinski definition) is 5. The summed E-state index contributed by atoms with van der Waals surface area (Å²) < 4.78 is 10.3. The van der Waals surface area contributed by atoms with E-state index in [1.54, 1.807) is 50.2 Å². The van der Waals surface area contributed by atoms with Gasteiger partial charge in [-0.25, -0.2) is 4.79 Å². The van der Waals surface area contributed by atoms with Crippen molar-refractivity contribution in [2.75, 3.05) is 23.9 Å². The first-order valence-corrected chi connectivity index (χ1v) is 8.46.